The van der Waals surface area contributed by atoms with Gasteiger partial charge in [0, 0.05) is 6.08 Å². The first-order chi connectivity index (χ1) is 7.15. The predicted octanol–water partition coefficient (Wildman–Crippen LogP) is 3.07. The van der Waals surface area contributed by atoms with Crippen LogP contribution >= 0.6 is 0 Å². The number of benzene rings is 1. The molecule has 1 N–H and O–H groups in total. The maximum absolute atomic E-state index is 10.4. The zero-order valence-corrected chi connectivity index (χ0v) is 8.31. The Morgan fingerprint density at radius 1 is 1.07 bits per heavy atom. The van der Waals surface area contributed by atoms with Gasteiger partial charge >= 0.3 is 5.97 Å². The number of hydrogen-bond acceptors (Lipinski definition) is 1. The molecule has 1 rings (SSSR count). The minimum absolute atomic E-state index is 0.824. The number of aliphatic carboxylic acids is 1. The van der Waals surface area contributed by atoms with E-state index in [1.807, 2.05) is 18.2 Å². The summed E-state index contributed by atoms with van der Waals surface area (Å²) in [4.78, 5) is 10.4. The van der Waals surface area contributed by atoms with Crippen LogP contribution in [0.4, 0.5) is 0 Å². The van der Waals surface area contributed by atoms with Crippen LogP contribution in [0.3, 0.4) is 0 Å². The Morgan fingerprint density at radius 2 is 1.53 bits per heavy atom. The molecule has 2 nitrogen and oxygen atoms in total. The standard InChI is InChI=1S/C13H12O2/c1-3-10-7-11(4-2)9-12(8-10)5-6-13(14)15/h3-9H,1-2H2,(H,14,15). The highest BCUT2D eigenvalue weighted by Crippen LogP contribution is 2.13. The molecule has 76 valence electrons. The van der Waals surface area contributed by atoms with Gasteiger partial charge in [-0.15, -0.1) is 0 Å². The van der Waals surface area contributed by atoms with Crippen LogP contribution in [0.15, 0.2) is 37.4 Å². The summed E-state index contributed by atoms with van der Waals surface area (Å²) < 4.78 is 0. The monoisotopic (exact) mass is 200 g/mol. The van der Waals surface area contributed by atoms with Crippen LogP contribution in [0, 0.1) is 0 Å². The Morgan fingerprint density at radius 3 is 1.93 bits per heavy atom. The summed E-state index contributed by atoms with van der Waals surface area (Å²) in [7, 11) is 0. The Hall–Kier alpha value is -2.09. The van der Waals surface area contributed by atoms with Crippen LogP contribution in [0.1, 0.15) is 16.7 Å². The van der Waals surface area contributed by atoms with E-state index in [0.29, 0.717) is 0 Å². The fourth-order valence-electron chi connectivity index (χ4n) is 1.20. The van der Waals surface area contributed by atoms with E-state index in [-0.39, 0.29) is 0 Å². The van der Waals surface area contributed by atoms with Crippen molar-refractivity contribution >= 4 is 24.2 Å². The summed E-state index contributed by atoms with van der Waals surface area (Å²) in [6.45, 7) is 7.34. The maximum Gasteiger partial charge on any atom is 0.328 e. The fraction of sp³-hybridized carbons (Fsp3) is 0. The Labute approximate surface area is 88.9 Å². The van der Waals surface area contributed by atoms with Gasteiger partial charge in [-0.3, -0.25) is 0 Å². The molecule has 1 aromatic carbocycles. The first kappa shape index (κ1) is 11.0. The largest absolute Gasteiger partial charge is 0.478 e. The Balaban J connectivity index is 3.12. The highest BCUT2D eigenvalue weighted by Gasteiger charge is 1.95. The fourth-order valence-corrected chi connectivity index (χ4v) is 1.20. The molecular weight excluding hydrogens is 188 g/mol. The van der Waals surface area contributed by atoms with E-state index in [1.54, 1.807) is 18.2 Å². The topological polar surface area (TPSA) is 37.3 Å². The summed E-state index contributed by atoms with van der Waals surface area (Å²) in [5.41, 5.74) is 2.71. The highest BCUT2D eigenvalue weighted by molar-refractivity contribution is 5.85. The van der Waals surface area contributed by atoms with Gasteiger partial charge in [0.15, 0.2) is 0 Å². The van der Waals surface area contributed by atoms with Gasteiger partial charge in [0.25, 0.3) is 0 Å². The second-order valence-corrected chi connectivity index (χ2v) is 3.01. The van der Waals surface area contributed by atoms with Crippen LogP contribution in [-0.2, 0) is 4.79 Å². The molecule has 0 unspecified atom stereocenters. The van der Waals surface area contributed by atoms with Crippen molar-refractivity contribution in [3.63, 3.8) is 0 Å². The zero-order valence-electron chi connectivity index (χ0n) is 8.31. The molecule has 0 atom stereocenters. The third kappa shape index (κ3) is 3.27. The number of carbonyl (C=O) groups is 1. The third-order valence-corrected chi connectivity index (χ3v) is 1.89. The molecule has 2 heteroatoms. The van der Waals surface area contributed by atoms with Gasteiger partial charge in [0.1, 0.15) is 0 Å². The lowest BCUT2D eigenvalue weighted by molar-refractivity contribution is -0.131. The first-order valence-corrected chi connectivity index (χ1v) is 4.46. The van der Waals surface area contributed by atoms with Crippen LogP contribution in [0.5, 0.6) is 0 Å². The molecule has 0 spiro atoms. The minimum atomic E-state index is -0.959. The predicted molar refractivity (Wildman–Crippen MR) is 63.3 cm³/mol. The summed E-state index contributed by atoms with van der Waals surface area (Å²) in [5, 5.41) is 8.50. The van der Waals surface area contributed by atoms with Crippen molar-refractivity contribution in [3.8, 4) is 0 Å². The van der Waals surface area contributed by atoms with Crippen molar-refractivity contribution in [2.75, 3.05) is 0 Å². The first-order valence-electron chi connectivity index (χ1n) is 4.46. The van der Waals surface area contributed by atoms with E-state index < -0.39 is 5.97 Å². The molecule has 0 heterocycles. The second kappa shape index (κ2) is 4.96. The average molecular weight is 200 g/mol. The lowest BCUT2D eigenvalue weighted by Gasteiger charge is -2.00. The minimum Gasteiger partial charge on any atom is -0.478 e. The lowest BCUT2D eigenvalue weighted by atomic mass is 10.1. The van der Waals surface area contributed by atoms with Crippen molar-refractivity contribution in [1.29, 1.82) is 0 Å². The van der Waals surface area contributed by atoms with Crippen LogP contribution < -0.4 is 0 Å². The Kier molecular flexibility index (Phi) is 3.63. The lowest BCUT2D eigenvalue weighted by Crippen LogP contribution is -1.86. The van der Waals surface area contributed by atoms with Gasteiger partial charge in [-0.05, 0) is 41.0 Å². The van der Waals surface area contributed by atoms with Gasteiger partial charge < -0.3 is 5.11 Å². The number of carboxylic acids is 1. The maximum atomic E-state index is 10.4. The number of rotatable bonds is 4. The number of carboxylic acid groups (broad SMARTS) is 1. The highest BCUT2D eigenvalue weighted by atomic mass is 16.4. The molecule has 0 bridgehead atoms. The number of hydrogen-bond donors (Lipinski definition) is 1. The summed E-state index contributed by atoms with van der Waals surface area (Å²) >= 11 is 0. The van der Waals surface area contributed by atoms with Crippen molar-refractivity contribution in [3.05, 3.63) is 54.1 Å². The van der Waals surface area contributed by atoms with Crippen molar-refractivity contribution in [2.45, 2.75) is 0 Å². The van der Waals surface area contributed by atoms with E-state index in [4.69, 9.17) is 5.11 Å². The zero-order chi connectivity index (χ0) is 11.3. The Bertz CT molecular complexity index is 402. The van der Waals surface area contributed by atoms with E-state index in [9.17, 15) is 4.79 Å². The van der Waals surface area contributed by atoms with Gasteiger partial charge in [0.05, 0.1) is 0 Å². The van der Waals surface area contributed by atoms with Crippen molar-refractivity contribution in [1.82, 2.24) is 0 Å². The molecule has 0 saturated carbocycles. The van der Waals surface area contributed by atoms with E-state index in [2.05, 4.69) is 13.2 Å². The molecule has 0 amide bonds. The molecular formula is C13H12O2. The SMILES string of the molecule is C=Cc1cc(C=C)cc(C=CC(=O)O)c1. The smallest absolute Gasteiger partial charge is 0.328 e. The van der Waals surface area contributed by atoms with E-state index in [1.165, 1.54) is 0 Å². The molecule has 0 aromatic heterocycles. The van der Waals surface area contributed by atoms with Gasteiger partial charge in [-0.25, -0.2) is 4.79 Å². The molecule has 0 aliphatic rings. The van der Waals surface area contributed by atoms with Gasteiger partial charge in [-0.1, -0.05) is 25.3 Å². The van der Waals surface area contributed by atoms with E-state index >= 15 is 0 Å². The molecule has 1 aromatic rings. The molecule has 0 fully saturated rings. The van der Waals surface area contributed by atoms with Crippen LogP contribution in [-0.4, -0.2) is 11.1 Å². The molecule has 0 saturated heterocycles. The van der Waals surface area contributed by atoms with Gasteiger partial charge in [-0.2, -0.15) is 0 Å². The third-order valence-electron chi connectivity index (χ3n) is 1.89. The average Bonchev–Trinajstić information content (AvgIpc) is 2.25. The van der Waals surface area contributed by atoms with Gasteiger partial charge in [0.2, 0.25) is 0 Å². The normalized spacial score (nSPS) is 10.1. The molecule has 15 heavy (non-hydrogen) atoms. The molecule has 0 aliphatic heterocycles. The summed E-state index contributed by atoms with van der Waals surface area (Å²) in [5.74, 6) is -0.959. The van der Waals surface area contributed by atoms with Crippen LogP contribution in [0.25, 0.3) is 18.2 Å². The van der Waals surface area contributed by atoms with Crippen molar-refractivity contribution in [2.24, 2.45) is 0 Å². The summed E-state index contributed by atoms with van der Waals surface area (Å²) in [6, 6.07) is 5.65. The van der Waals surface area contributed by atoms with Crippen molar-refractivity contribution < 1.29 is 9.90 Å². The van der Waals surface area contributed by atoms with E-state index in [0.717, 1.165) is 22.8 Å². The molecule has 0 radical (unpaired) electrons. The quantitative estimate of drug-likeness (QED) is 0.758. The van der Waals surface area contributed by atoms with Crippen LogP contribution in [0.2, 0.25) is 0 Å². The summed E-state index contributed by atoms with van der Waals surface area (Å²) in [6.07, 6.45) is 6.08. The molecule has 0 aliphatic carbocycles. The second-order valence-electron chi connectivity index (χ2n) is 3.01.